The number of likely N-dealkylation sites (tertiary alicyclic amines) is 1. The van der Waals surface area contributed by atoms with E-state index in [0.717, 1.165) is 17.9 Å². The minimum atomic E-state index is -0.851. The van der Waals surface area contributed by atoms with Crippen molar-refractivity contribution in [3.05, 3.63) is 30.1 Å². The van der Waals surface area contributed by atoms with Gasteiger partial charge in [0.15, 0.2) is 0 Å². The van der Waals surface area contributed by atoms with Gasteiger partial charge in [-0.2, -0.15) is 0 Å². The number of carbonyl (C=O) groups excluding carboxylic acids is 3. The zero-order chi connectivity index (χ0) is 20.3. The number of piperidine rings is 1. The van der Waals surface area contributed by atoms with Crippen LogP contribution >= 0.6 is 0 Å². The molecule has 1 aromatic heterocycles. The van der Waals surface area contributed by atoms with Crippen molar-refractivity contribution in [3.8, 4) is 0 Å². The highest BCUT2D eigenvalue weighted by Gasteiger charge is 2.57. The number of aromatic nitrogens is 1. The van der Waals surface area contributed by atoms with Crippen molar-refractivity contribution < 1.29 is 14.4 Å². The standard InChI is InChI=1S/C20H29N5O3/c1-15(2)5-10-25-19(28)24(14-17(21)26)18(27)20(25)6-11-23(12-7-20)13-16-3-8-22-9-4-16/h3-4,8-9,15H,5-7,10-14H2,1-2H3,(H2,21,26). The van der Waals surface area contributed by atoms with Gasteiger partial charge in [-0.25, -0.2) is 4.79 Å². The molecule has 0 unspecified atom stereocenters. The van der Waals surface area contributed by atoms with E-state index in [-0.39, 0.29) is 18.5 Å². The van der Waals surface area contributed by atoms with Crippen LogP contribution in [-0.2, 0) is 16.1 Å². The number of amides is 4. The molecule has 0 aliphatic carbocycles. The maximum atomic E-state index is 13.2. The Labute approximate surface area is 165 Å². The molecule has 2 N–H and O–H groups in total. The van der Waals surface area contributed by atoms with Gasteiger partial charge in [0.05, 0.1) is 0 Å². The van der Waals surface area contributed by atoms with Gasteiger partial charge < -0.3 is 10.6 Å². The number of hydrogen-bond acceptors (Lipinski definition) is 5. The highest BCUT2D eigenvalue weighted by atomic mass is 16.2. The van der Waals surface area contributed by atoms with Gasteiger partial charge in [0, 0.05) is 38.6 Å². The highest BCUT2D eigenvalue weighted by molar-refractivity contribution is 6.09. The van der Waals surface area contributed by atoms with Crippen LogP contribution in [0.5, 0.6) is 0 Å². The molecule has 2 saturated heterocycles. The van der Waals surface area contributed by atoms with E-state index in [0.29, 0.717) is 38.4 Å². The van der Waals surface area contributed by atoms with E-state index in [1.165, 1.54) is 5.56 Å². The van der Waals surface area contributed by atoms with Gasteiger partial charge in [0.1, 0.15) is 12.1 Å². The lowest BCUT2D eigenvalue weighted by Gasteiger charge is -2.42. The summed E-state index contributed by atoms with van der Waals surface area (Å²) in [5.41, 5.74) is 5.60. The highest BCUT2D eigenvalue weighted by Crippen LogP contribution is 2.38. The largest absolute Gasteiger partial charge is 0.368 e. The van der Waals surface area contributed by atoms with Crippen LogP contribution in [0.15, 0.2) is 24.5 Å². The minimum Gasteiger partial charge on any atom is -0.368 e. The van der Waals surface area contributed by atoms with Crippen LogP contribution in [-0.4, -0.2) is 69.2 Å². The number of urea groups is 1. The Morgan fingerprint density at radius 2 is 1.86 bits per heavy atom. The lowest BCUT2D eigenvalue weighted by molar-refractivity contribution is -0.137. The second-order valence-corrected chi connectivity index (χ2v) is 8.14. The molecule has 28 heavy (non-hydrogen) atoms. The first kappa shape index (κ1) is 20.3. The molecule has 1 spiro atoms. The Bertz CT molecular complexity index is 729. The quantitative estimate of drug-likeness (QED) is 0.709. The predicted octanol–water partition coefficient (Wildman–Crippen LogP) is 1.21. The Morgan fingerprint density at radius 3 is 2.43 bits per heavy atom. The number of pyridine rings is 1. The van der Waals surface area contributed by atoms with E-state index >= 15 is 0 Å². The molecule has 2 fully saturated rings. The zero-order valence-electron chi connectivity index (χ0n) is 16.6. The molecule has 0 saturated carbocycles. The maximum absolute atomic E-state index is 13.2. The number of nitrogens with zero attached hydrogens (tertiary/aromatic N) is 4. The summed E-state index contributed by atoms with van der Waals surface area (Å²) in [6.07, 6.45) is 5.49. The average molecular weight is 387 g/mol. The van der Waals surface area contributed by atoms with Gasteiger partial charge in [-0.05, 0) is 42.9 Å². The second kappa shape index (κ2) is 8.26. The first-order chi connectivity index (χ1) is 13.3. The summed E-state index contributed by atoms with van der Waals surface area (Å²) >= 11 is 0. The van der Waals surface area contributed by atoms with Crippen molar-refractivity contribution >= 4 is 17.8 Å². The normalized spacial score (nSPS) is 19.8. The Kier molecular flexibility index (Phi) is 5.98. The molecule has 3 rings (SSSR count). The number of carbonyl (C=O) groups is 3. The summed E-state index contributed by atoms with van der Waals surface area (Å²) in [4.78, 5) is 46.5. The first-order valence-electron chi connectivity index (χ1n) is 9.86. The summed E-state index contributed by atoms with van der Waals surface area (Å²) < 4.78 is 0. The Hall–Kier alpha value is -2.48. The fourth-order valence-corrected chi connectivity index (χ4v) is 4.09. The van der Waals surface area contributed by atoms with E-state index in [4.69, 9.17) is 5.73 Å². The van der Waals surface area contributed by atoms with Crippen molar-refractivity contribution in [2.45, 2.75) is 45.2 Å². The second-order valence-electron chi connectivity index (χ2n) is 8.14. The van der Waals surface area contributed by atoms with Gasteiger partial charge in [0.25, 0.3) is 5.91 Å². The van der Waals surface area contributed by atoms with Crippen LogP contribution < -0.4 is 5.73 Å². The molecule has 8 heteroatoms. The third kappa shape index (κ3) is 4.01. The van der Waals surface area contributed by atoms with Crippen LogP contribution in [0.4, 0.5) is 4.79 Å². The smallest absolute Gasteiger partial charge is 0.328 e. The number of rotatable bonds is 7. The van der Waals surface area contributed by atoms with Crippen molar-refractivity contribution in [2.24, 2.45) is 11.7 Å². The summed E-state index contributed by atoms with van der Waals surface area (Å²) in [6.45, 7) is 6.56. The van der Waals surface area contributed by atoms with Crippen molar-refractivity contribution in [1.82, 2.24) is 19.7 Å². The molecule has 0 aromatic carbocycles. The van der Waals surface area contributed by atoms with Crippen LogP contribution in [0, 0.1) is 5.92 Å². The minimum absolute atomic E-state index is 0.274. The van der Waals surface area contributed by atoms with E-state index in [1.807, 2.05) is 12.1 Å². The monoisotopic (exact) mass is 387 g/mol. The van der Waals surface area contributed by atoms with Crippen LogP contribution in [0.25, 0.3) is 0 Å². The van der Waals surface area contributed by atoms with Crippen LogP contribution in [0.2, 0.25) is 0 Å². The van der Waals surface area contributed by atoms with Gasteiger partial charge in [-0.1, -0.05) is 13.8 Å². The third-order valence-corrected chi connectivity index (χ3v) is 5.70. The topological polar surface area (TPSA) is 99.8 Å². The van der Waals surface area contributed by atoms with Gasteiger partial charge >= 0.3 is 6.03 Å². The van der Waals surface area contributed by atoms with Gasteiger partial charge in [0.2, 0.25) is 5.91 Å². The van der Waals surface area contributed by atoms with E-state index < -0.39 is 11.4 Å². The van der Waals surface area contributed by atoms with Gasteiger partial charge in [-0.3, -0.25) is 24.4 Å². The Balaban J connectivity index is 1.75. The summed E-state index contributed by atoms with van der Waals surface area (Å²) in [7, 11) is 0. The molecule has 152 valence electrons. The maximum Gasteiger partial charge on any atom is 0.328 e. The number of nitrogens with two attached hydrogens (primary N) is 1. The molecular weight excluding hydrogens is 358 g/mol. The van der Waals surface area contributed by atoms with E-state index in [1.54, 1.807) is 17.3 Å². The molecule has 4 amide bonds. The molecular formula is C20H29N5O3. The summed E-state index contributed by atoms with van der Waals surface area (Å²) in [6, 6.07) is 3.59. The lowest BCUT2D eigenvalue weighted by atomic mass is 9.85. The van der Waals surface area contributed by atoms with Crippen molar-refractivity contribution in [3.63, 3.8) is 0 Å². The van der Waals surface area contributed by atoms with Gasteiger partial charge in [-0.15, -0.1) is 0 Å². The number of primary amides is 1. The Morgan fingerprint density at radius 1 is 1.21 bits per heavy atom. The lowest BCUT2D eigenvalue weighted by Crippen LogP contribution is -2.56. The fourth-order valence-electron chi connectivity index (χ4n) is 4.09. The number of imide groups is 1. The summed E-state index contributed by atoms with van der Waals surface area (Å²) in [5, 5.41) is 0. The van der Waals surface area contributed by atoms with E-state index in [9.17, 15) is 14.4 Å². The summed E-state index contributed by atoms with van der Waals surface area (Å²) in [5.74, 6) is -0.529. The molecule has 2 aliphatic heterocycles. The SMILES string of the molecule is CC(C)CCN1C(=O)N(CC(N)=O)C(=O)C12CCN(Cc1ccncc1)CC2. The van der Waals surface area contributed by atoms with E-state index in [2.05, 4.69) is 23.7 Å². The van der Waals surface area contributed by atoms with Crippen LogP contribution in [0.3, 0.4) is 0 Å². The van der Waals surface area contributed by atoms with Crippen LogP contribution in [0.1, 0.15) is 38.7 Å². The molecule has 3 heterocycles. The molecule has 8 nitrogen and oxygen atoms in total. The molecule has 2 aliphatic rings. The van der Waals surface area contributed by atoms with Crippen molar-refractivity contribution in [2.75, 3.05) is 26.2 Å². The number of hydrogen-bond donors (Lipinski definition) is 1. The molecule has 1 aromatic rings. The molecule has 0 bridgehead atoms. The molecule has 0 radical (unpaired) electrons. The van der Waals surface area contributed by atoms with Crippen molar-refractivity contribution in [1.29, 1.82) is 0 Å². The fraction of sp³-hybridized carbons (Fsp3) is 0.600. The average Bonchev–Trinajstić information content (AvgIpc) is 2.84. The zero-order valence-corrected chi connectivity index (χ0v) is 16.6. The molecule has 0 atom stereocenters. The predicted molar refractivity (Wildman–Crippen MR) is 104 cm³/mol. The first-order valence-corrected chi connectivity index (χ1v) is 9.86. The third-order valence-electron chi connectivity index (χ3n) is 5.70.